The van der Waals surface area contributed by atoms with Crippen molar-refractivity contribution in [2.45, 2.75) is 17.5 Å². The third-order valence-electron chi connectivity index (χ3n) is 4.27. The molecule has 0 aliphatic rings. The van der Waals surface area contributed by atoms with Gasteiger partial charge < -0.3 is 5.32 Å². The van der Waals surface area contributed by atoms with Crippen molar-refractivity contribution < 1.29 is 0 Å². The van der Waals surface area contributed by atoms with Crippen LogP contribution in [0.15, 0.2) is 84.0 Å². The summed E-state index contributed by atoms with van der Waals surface area (Å²) in [4.78, 5) is 0. The third-order valence-corrected chi connectivity index (χ3v) is 5.76. The molecule has 0 spiro atoms. The molecule has 0 saturated carbocycles. The topological polar surface area (TPSA) is 42.7 Å². The summed E-state index contributed by atoms with van der Waals surface area (Å²) in [6.45, 7) is 0.531. The first-order valence-electron chi connectivity index (χ1n) is 9.05. The fraction of sp³-hybridized carbons (Fsp3) is 0.0909. The molecule has 29 heavy (non-hydrogen) atoms. The minimum absolute atomic E-state index is 0.531. The van der Waals surface area contributed by atoms with Gasteiger partial charge in [-0.25, -0.2) is 0 Å². The van der Waals surface area contributed by atoms with Crippen molar-refractivity contribution >= 4 is 40.7 Å². The lowest BCUT2D eigenvalue weighted by atomic mass is 10.2. The summed E-state index contributed by atoms with van der Waals surface area (Å²) < 4.78 is 2.08. The number of para-hydroxylation sites is 1. The van der Waals surface area contributed by atoms with Crippen LogP contribution in [0.4, 0.5) is 5.69 Å². The molecule has 7 heteroatoms. The fourth-order valence-electron chi connectivity index (χ4n) is 2.85. The van der Waals surface area contributed by atoms with Crippen LogP contribution in [0.25, 0.3) is 5.69 Å². The van der Waals surface area contributed by atoms with E-state index in [4.69, 9.17) is 23.2 Å². The van der Waals surface area contributed by atoms with Crippen LogP contribution in [0.3, 0.4) is 0 Å². The lowest BCUT2D eigenvalue weighted by molar-refractivity contribution is 0.841. The zero-order valence-corrected chi connectivity index (χ0v) is 17.8. The van der Waals surface area contributed by atoms with Crippen molar-refractivity contribution in [3.8, 4) is 5.69 Å². The summed E-state index contributed by atoms with van der Waals surface area (Å²) in [6, 6.07) is 25.6. The normalized spacial score (nSPS) is 10.8. The van der Waals surface area contributed by atoms with E-state index in [2.05, 4.69) is 32.2 Å². The van der Waals surface area contributed by atoms with Crippen molar-refractivity contribution in [3.05, 3.63) is 100 Å². The van der Waals surface area contributed by atoms with Gasteiger partial charge in [-0.1, -0.05) is 71.4 Å². The number of benzene rings is 3. The van der Waals surface area contributed by atoms with Gasteiger partial charge in [0.2, 0.25) is 0 Å². The summed E-state index contributed by atoms with van der Waals surface area (Å²) in [6.07, 6.45) is 0. The van der Waals surface area contributed by atoms with Gasteiger partial charge in [-0.3, -0.25) is 4.57 Å². The fourth-order valence-corrected chi connectivity index (χ4v) is 4.10. The SMILES string of the molecule is Clc1ccc(CSc2nnc(CNc3cccc(Cl)c3)n2-c2ccccc2)cc1. The van der Waals surface area contributed by atoms with Gasteiger partial charge in [0, 0.05) is 27.2 Å². The van der Waals surface area contributed by atoms with Gasteiger partial charge in [-0.05, 0) is 48.0 Å². The molecule has 0 saturated heterocycles. The Kier molecular flexibility index (Phi) is 6.39. The summed E-state index contributed by atoms with van der Waals surface area (Å²) in [5, 5.41) is 14.5. The Morgan fingerprint density at radius 1 is 0.828 bits per heavy atom. The highest BCUT2D eigenvalue weighted by Gasteiger charge is 2.14. The van der Waals surface area contributed by atoms with E-state index in [-0.39, 0.29) is 0 Å². The average Bonchev–Trinajstić information content (AvgIpc) is 3.15. The second-order valence-corrected chi connectivity index (χ2v) is 8.16. The molecular weight excluding hydrogens is 423 g/mol. The van der Waals surface area contributed by atoms with E-state index < -0.39 is 0 Å². The molecule has 0 bridgehead atoms. The Bertz CT molecular complexity index is 1080. The number of nitrogens with zero attached hydrogens (tertiary/aromatic N) is 3. The van der Waals surface area contributed by atoms with Crippen molar-refractivity contribution in [1.29, 1.82) is 0 Å². The largest absolute Gasteiger partial charge is 0.378 e. The molecule has 1 N–H and O–H groups in total. The molecule has 4 rings (SSSR count). The van der Waals surface area contributed by atoms with Crippen molar-refractivity contribution in [2.24, 2.45) is 0 Å². The van der Waals surface area contributed by atoms with E-state index in [1.54, 1.807) is 11.8 Å². The first-order valence-corrected chi connectivity index (χ1v) is 10.8. The summed E-state index contributed by atoms with van der Waals surface area (Å²) >= 11 is 13.7. The van der Waals surface area contributed by atoms with Gasteiger partial charge in [-0.2, -0.15) is 0 Å². The van der Waals surface area contributed by atoms with Crippen LogP contribution in [0.1, 0.15) is 11.4 Å². The zero-order chi connectivity index (χ0) is 20.1. The number of aromatic nitrogens is 3. The maximum absolute atomic E-state index is 6.08. The van der Waals surface area contributed by atoms with Crippen LogP contribution in [-0.2, 0) is 12.3 Å². The van der Waals surface area contributed by atoms with Gasteiger partial charge in [0.1, 0.15) is 0 Å². The number of hydrogen-bond acceptors (Lipinski definition) is 4. The van der Waals surface area contributed by atoms with Gasteiger partial charge >= 0.3 is 0 Å². The minimum atomic E-state index is 0.531. The maximum Gasteiger partial charge on any atom is 0.196 e. The predicted octanol–water partition coefficient (Wildman–Crippen LogP) is 6.48. The molecule has 0 radical (unpaired) electrons. The van der Waals surface area contributed by atoms with Crippen molar-refractivity contribution in [2.75, 3.05) is 5.32 Å². The Balaban J connectivity index is 1.57. The van der Waals surface area contributed by atoms with Crippen LogP contribution in [0.5, 0.6) is 0 Å². The second kappa shape index (κ2) is 9.35. The Hall–Kier alpha value is -2.47. The Labute approximate surface area is 183 Å². The average molecular weight is 441 g/mol. The smallest absolute Gasteiger partial charge is 0.196 e. The Morgan fingerprint density at radius 3 is 2.38 bits per heavy atom. The van der Waals surface area contributed by atoms with E-state index in [0.29, 0.717) is 11.6 Å². The van der Waals surface area contributed by atoms with E-state index in [0.717, 1.165) is 33.1 Å². The Morgan fingerprint density at radius 2 is 1.62 bits per heavy atom. The van der Waals surface area contributed by atoms with E-state index in [9.17, 15) is 0 Å². The molecule has 4 aromatic rings. The highest BCUT2D eigenvalue weighted by Crippen LogP contribution is 2.26. The minimum Gasteiger partial charge on any atom is -0.378 e. The molecule has 1 aromatic heterocycles. The van der Waals surface area contributed by atoms with Crippen LogP contribution < -0.4 is 5.32 Å². The van der Waals surface area contributed by atoms with Crippen LogP contribution >= 0.6 is 35.0 Å². The summed E-state index contributed by atoms with van der Waals surface area (Å²) in [7, 11) is 0. The third kappa shape index (κ3) is 5.12. The highest BCUT2D eigenvalue weighted by atomic mass is 35.5. The monoisotopic (exact) mass is 440 g/mol. The summed E-state index contributed by atoms with van der Waals surface area (Å²) in [5.74, 6) is 1.61. The molecule has 0 unspecified atom stereocenters. The first-order chi connectivity index (χ1) is 14.2. The van der Waals surface area contributed by atoms with Crippen LogP contribution in [0, 0.1) is 0 Å². The highest BCUT2D eigenvalue weighted by molar-refractivity contribution is 7.98. The van der Waals surface area contributed by atoms with Gasteiger partial charge in [0.25, 0.3) is 0 Å². The second-order valence-electron chi connectivity index (χ2n) is 6.35. The molecule has 0 aliphatic carbocycles. The molecule has 1 heterocycles. The molecule has 0 fully saturated rings. The number of halogens is 2. The number of anilines is 1. The van der Waals surface area contributed by atoms with Crippen molar-refractivity contribution in [1.82, 2.24) is 14.8 Å². The van der Waals surface area contributed by atoms with Gasteiger partial charge in [-0.15, -0.1) is 10.2 Å². The van der Waals surface area contributed by atoms with Gasteiger partial charge in [0.05, 0.1) is 6.54 Å². The maximum atomic E-state index is 6.08. The number of rotatable bonds is 7. The molecular formula is C22H18Cl2N4S. The molecule has 0 atom stereocenters. The standard InChI is InChI=1S/C22H18Cl2N4S/c23-17-11-9-16(10-12-17)15-29-22-27-26-21(28(22)20-7-2-1-3-8-20)14-25-19-6-4-5-18(24)13-19/h1-13,25H,14-15H2. The predicted molar refractivity (Wildman–Crippen MR) is 121 cm³/mol. The molecule has 4 nitrogen and oxygen atoms in total. The van der Waals surface area contributed by atoms with E-state index >= 15 is 0 Å². The van der Waals surface area contributed by atoms with E-state index in [1.165, 1.54) is 5.56 Å². The first kappa shape index (κ1) is 19.8. The lowest BCUT2D eigenvalue weighted by Gasteiger charge is -2.11. The number of hydrogen-bond donors (Lipinski definition) is 1. The zero-order valence-electron chi connectivity index (χ0n) is 15.4. The van der Waals surface area contributed by atoms with E-state index in [1.807, 2.05) is 66.7 Å². The number of nitrogens with one attached hydrogen (secondary N) is 1. The quantitative estimate of drug-likeness (QED) is 0.334. The van der Waals surface area contributed by atoms with Gasteiger partial charge in [0.15, 0.2) is 11.0 Å². The summed E-state index contributed by atoms with van der Waals surface area (Å²) in [5.41, 5.74) is 3.15. The molecule has 0 aliphatic heterocycles. The van der Waals surface area contributed by atoms with Crippen LogP contribution in [-0.4, -0.2) is 14.8 Å². The lowest BCUT2D eigenvalue weighted by Crippen LogP contribution is -2.08. The number of thioether (sulfide) groups is 1. The van der Waals surface area contributed by atoms with Crippen LogP contribution in [0.2, 0.25) is 10.0 Å². The van der Waals surface area contributed by atoms with Crippen molar-refractivity contribution in [3.63, 3.8) is 0 Å². The molecule has 146 valence electrons. The molecule has 0 amide bonds. The molecule has 3 aromatic carbocycles.